The highest BCUT2D eigenvalue weighted by Crippen LogP contribution is 2.26. The summed E-state index contributed by atoms with van der Waals surface area (Å²) in [7, 11) is 0. The number of likely N-dealkylation sites (tertiary alicyclic amines) is 2. The summed E-state index contributed by atoms with van der Waals surface area (Å²) in [5.74, 6) is 2.13. The SMILES string of the molecule is O=C(Cc1ccc(OCCCC2CCN(c3ncc(Cl)cn3)CC2)cc1F)N1CC(CN2CCCC2)C1. The van der Waals surface area contributed by atoms with Crippen LogP contribution in [0.25, 0.3) is 0 Å². The Morgan fingerprint density at radius 3 is 2.49 bits per heavy atom. The minimum Gasteiger partial charge on any atom is -0.493 e. The predicted molar refractivity (Wildman–Crippen MR) is 143 cm³/mol. The minimum atomic E-state index is -0.364. The Kier molecular flexibility index (Phi) is 8.77. The molecule has 0 aliphatic carbocycles. The van der Waals surface area contributed by atoms with Gasteiger partial charge in [-0.25, -0.2) is 14.4 Å². The lowest BCUT2D eigenvalue weighted by molar-refractivity contribution is -0.137. The molecule has 200 valence electrons. The quantitative estimate of drug-likeness (QED) is 0.424. The number of aromatic nitrogens is 2. The summed E-state index contributed by atoms with van der Waals surface area (Å²) in [6, 6.07) is 4.89. The van der Waals surface area contributed by atoms with Crippen molar-refractivity contribution in [3.8, 4) is 5.75 Å². The van der Waals surface area contributed by atoms with Gasteiger partial charge in [0.15, 0.2) is 0 Å². The zero-order chi connectivity index (χ0) is 25.6. The Labute approximate surface area is 224 Å². The fourth-order valence-electron chi connectivity index (χ4n) is 5.71. The van der Waals surface area contributed by atoms with E-state index in [0.717, 1.165) is 64.4 Å². The molecule has 3 aliphatic heterocycles. The summed E-state index contributed by atoms with van der Waals surface area (Å²) in [5, 5.41) is 0.551. The van der Waals surface area contributed by atoms with Gasteiger partial charge in [-0.05, 0) is 69.2 Å². The van der Waals surface area contributed by atoms with Crippen LogP contribution in [0.5, 0.6) is 5.75 Å². The Morgan fingerprint density at radius 1 is 1.05 bits per heavy atom. The van der Waals surface area contributed by atoms with Crippen LogP contribution in [0.15, 0.2) is 30.6 Å². The molecular weight excluding hydrogens is 493 g/mol. The molecule has 4 heterocycles. The summed E-state index contributed by atoms with van der Waals surface area (Å²) < 4.78 is 20.5. The number of hydrogen-bond donors (Lipinski definition) is 0. The second-order valence-corrected chi connectivity index (χ2v) is 11.2. The zero-order valence-electron chi connectivity index (χ0n) is 21.5. The summed E-state index contributed by atoms with van der Waals surface area (Å²) in [6.45, 7) is 7.49. The van der Waals surface area contributed by atoms with E-state index in [1.54, 1.807) is 24.5 Å². The highest BCUT2D eigenvalue weighted by Gasteiger charge is 2.32. The maximum absolute atomic E-state index is 14.7. The van der Waals surface area contributed by atoms with Crippen LogP contribution >= 0.6 is 11.6 Å². The second kappa shape index (κ2) is 12.4. The Bertz CT molecular complexity index is 1040. The Hall–Kier alpha value is -2.45. The average molecular weight is 530 g/mol. The molecule has 1 aromatic carbocycles. The smallest absolute Gasteiger partial charge is 0.227 e. The third kappa shape index (κ3) is 7.11. The first-order valence-electron chi connectivity index (χ1n) is 13.7. The predicted octanol–water partition coefficient (Wildman–Crippen LogP) is 4.44. The molecule has 7 nitrogen and oxygen atoms in total. The number of ether oxygens (including phenoxy) is 1. The topological polar surface area (TPSA) is 61.8 Å². The lowest BCUT2D eigenvalue weighted by atomic mass is 9.92. The highest BCUT2D eigenvalue weighted by atomic mass is 35.5. The van der Waals surface area contributed by atoms with E-state index in [0.29, 0.717) is 34.8 Å². The molecule has 1 aromatic heterocycles. The Morgan fingerprint density at radius 2 is 1.78 bits per heavy atom. The van der Waals surface area contributed by atoms with Gasteiger partial charge < -0.3 is 19.4 Å². The fourth-order valence-corrected chi connectivity index (χ4v) is 5.81. The van der Waals surface area contributed by atoms with Gasteiger partial charge in [0.05, 0.1) is 30.4 Å². The van der Waals surface area contributed by atoms with E-state index >= 15 is 0 Å². The number of piperidine rings is 1. The van der Waals surface area contributed by atoms with E-state index in [1.807, 2.05) is 4.90 Å². The standard InChI is InChI=1S/C28H37ClFN5O2/c29-24-16-31-28(32-17-24)34-11-7-21(8-12-34)4-3-13-37-25-6-5-23(26(30)15-25)14-27(36)35-19-22(20-35)18-33-9-1-2-10-33/h5-6,15-17,21-22H,1-4,7-14,18-20H2. The maximum Gasteiger partial charge on any atom is 0.227 e. The summed E-state index contributed by atoms with van der Waals surface area (Å²) in [4.78, 5) is 27.8. The number of benzene rings is 1. The monoisotopic (exact) mass is 529 g/mol. The number of carbonyl (C=O) groups excluding carboxylic acids is 1. The molecular formula is C28H37ClFN5O2. The minimum absolute atomic E-state index is 0.0129. The molecule has 3 fully saturated rings. The van der Waals surface area contributed by atoms with Crippen LogP contribution in [0.1, 0.15) is 44.1 Å². The number of halogens is 2. The largest absolute Gasteiger partial charge is 0.493 e. The molecule has 9 heteroatoms. The number of rotatable bonds is 10. The Balaban J connectivity index is 0.975. The van der Waals surface area contributed by atoms with E-state index in [-0.39, 0.29) is 18.1 Å². The molecule has 2 aromatic rings. The van der Waals surface area contributed by atoms with E-state index in [2.05, 4.69) is 19.8 Å². The molecule has 3 saturated heterocycles. The molecule has 0 saturated carbocycles. The molecule has 37 heavy (non-hydrogen) atoms. The number of nitrogens with zero attached hydrogens (tertiary/aromatic N) is 5. The molecule has 0 radical (unpaired) electrons. The summed E-state index contributed by atoms with van der Waals surface area (Å²) in [5.41, 5.74) is 0.441. The van der Waals surface area contributed by atoms with Gasteiger partial charge in [0.2, 0.25) is 11.9 Å². The van der Waals surface area contributed by atoms with Crippen molar-refractivity contribution in [3.63, 3.8) is 0 Å². The van der Waals surface area contributed by atoms with Crippen molar-refractivity contribution >= 4 is 23.5 Å². The van der Waals surface area contributed by atoms with Crippen LogP contribution in [0, 0.1) is 17.7 Å². The number of hydrogen-bond acceptors (Lipinski definition) is 6. The number of carbonyl (C=O) groups is 1. The van der Waals surface area contributed by atoms with Gasteiger partial charge in [-0.1, -0.05) is 17.7 Å². The van der Waals surface area contributed by atoms with Gasteiger partial charge in [-0.15, -0.1) is 0 Å². The normalized spacial score (nSPS) is 19.3. The van der Waals surface area contributed by atoms with Crippen LogP contribution in [0.3, 0.4) is 0 Å². The first-order valence-corrected chi connectivity index (χ1v) is 14.0. The first kappa shape index (κ1) is 26.2. The van der Waals surface area contributed by atoms with Crippen LogP contribution in [0.4, 0.5) is 10.3 Å². The van der Waals surface area contributed by atoms with Gasteiger partial charge in [0.25, 0.3) is 0 Å². The van der Waals surface area contributed by atoms with Crippen LogP contribution < -0.4 is 9.64 Å². The van der Waals surface area contributed by atoms with Crippen LogP contribution in [-0.4, -0.2) is 78.1 Å². The zero-order valence-corrected chi connectivity index (χ0v) is 22.2. The lowest BCUT2D eigenvalue weighted by Gasteiger charge is -2.41. The van der Waals surface area contributed by atoms with Crippen molar-refractivity contribution in [3.05, 3.63) is 47.0 Å². The van der Waals surface area contributed by atoms with E-state index in [9.17, 15) is 9.18 Å². The van der Waals surface area contributed by atoms with E-state index in [1.165, 1.54) is 32.0 Å². The van der Waals surface area contributed by atoms with Gasteiger partial charge >= 0.3 is 0 Å². The lowest BCUT2D eigenvalue weighted by Crippen LogP contribution is -2.54. The van der Waals surface area contributed by atoms with Gasteiger partial charge in [0.1, 0.15) is 11.6 Å². The van der Waals surface area contributed by atoms with Gasteiger partial charge in [-0.3, -0.25) is 4.79 Å². The summed E-state index contributed by atoms with van der Waals surface area (Å²) >= 11 is 5.88. The summed E-state index contributed by atoms with van der Waals surface area (Å²) in [6.07, 6.45) is 10.2. The van der Waals surface area contributed by atoms with Crippen molar-refractivity contribution in [1.29, 1.82) is 0 Å². The van der Waals surface area contributed by atoms with Crippen LogP contribution in [-0.2, 0) is 11.2 Å². The molecule has 0 N–H and O–H groups in total. The molecule has 0 bridgehead atoms. The molecule has 5 rings (SSSR count). The van der Waals surface area contributed by atoms with Crippen molar-refractivity contribution in [1.82, 2.24) is 19.8 Å². The third-order valence-electron chi connectivity index (χ3n) is 7.92. The first-order chi connectivity index (χ1) is 18.0. The molecule has 0 unspecified atom stereocenters. The fraction of sp³-hybridized carbons (Fsp3) is 0.607. The number of anilines is 1. The van der Waals surface area contributed by atoms with Crippen molar-refractivity contribution in [2.45, 2.75) is 44.9 Å². The van der Waals surface area contributed by atoms with Crippen molar-refractivity contribution < 1.29 is 13.9 Å². The number of amides is 1. The molecule has 0 spiro atoms. The molecule has 1 amide bonds. The maximum atomic E-state index is 14.7. The van der Waals surface area contributed by atoms with E-state index < -0.39 is 0 Å². The van der Waals surface area contributed by atoms with Crippen molar-refractivity contribution in [2.24, 2.45) is 11.8 Å². The molecule has 3 aliphatic rings. The second-order valence-electron chi connectivity index (χ2n) is 10.7. The van der Waals surface area contributed by atoms with Crippen LogP contribution in [0.2, 0.25) is 5.02 Å². The highest BCUT2D eigenvalue weighted by molar-refractivity contribution is 6.30. The third-order valence-corrected chi connectivity index (χ3v) is 8.12. The van der Waals surface area contributed by atoms with E-state index in [4.69, 9.17) is 16.3 Å². The van der Waals surface area contributed by atoms with Crippen molar-refractivity contribution in [2.75, 3.05) is 57.3 Å². The van der Waals surface area contributed by atoms with Gasteiger partial charge in [-0.2, -0.15) is 0 Å². The van der Waals surface area contributed by atoms with Gasteiger partial charge in [0, 0.05) is 44.7 Å². The molecule has 0 atom stereocenters. The average Bonchev–Trinajstić information content (AvgIpc) is 3.40.